The number of carbonyl (C=O) groups excluding carboxylic acids is 2. The predicted molar refractivity (Wildman–Crippen MR) is 89.1 cm³/mol. The summed E-state index contributed by atoms with van der Waals surface area (Å²) in [5.41, 5.74) is 3.23. The molecule has 3 rings (SSSR count). The average Bonchev–Trinajstić information content (AvgIpc) is 2.98. The molecule has 0 saturated heterocycles. The van der Waals surface area contributed by atoms with Crippen LogP contribution in [0.25, 0.3) is 0 Å². The molecule has 23 heavy (non-hydrogen) atoms. The minimum absolute atomic E-state index is 0.0270. The van der Waals surface area contributed by atoms with E-state index in [1.807, 2.05) is 12.1 Å². The summed E-state index contributed by atoms with van der Waals surface area (Å²) in [5, 5.41) is 2.86. The molecule has 0 aromatic heterocycles. The van der Waals surface area contributed by atoms with E-state index in [1.165, 1.54) is 0 Å². The van der Waals surface area contributed by atoms with Crippen molar-refractivity contribution < 1.29 is 14.3 Å². The van der Waals surface area contributed by atoms with Crippen LogP contribution in [0, 0.1) is 0 Å². The van der Waals surface area contributed by atoms with Crippen LogP contribution in [0.5, 0.6) is 5.75 Å². The maximum absolute atomic E-state index is 12.4. The Kier molecular flexibility index (Phi) is 4.02. The molecular formula is C18H18N2O3. The molecule has 0 fully saturated rings. The fraction of sp³-hybridized carbons (Fsp3) is 0.222. The summed E-state index contributed by atoms with van der Waals surface area (Å²) in [4.78, 5) is 25.7. The highest BCUT2D eigenvalue weighted by Gasteiger charge is 2.23. The highest BCUT2D eigenvalue weighted by Crippen LogP contribution is 2.29. The van der Waals surface area contributed by atoms with Crippen molar-refractivity contribution in [2.75, 3.05) is 23.9 Å². The largest absolute Gasteiger partial charge is 0.497 e. The van der Waals surface area contributed by atoms with Crippen molar-refractivity contribution in [3.05, 3.63) is 53.6 Å². The van der Waals surface area contributed by atoms with E-state index in [-0.39, 0.29) is 11.8 Å². The lowest BCUT2D eigenvalue weighted by Gasteiger charge is -2.14. The Balaban J connectivity index is 1.77. The SMILES string of the molecule is COc1ccc(NC(=O)c2ccc3c(c2)CCN3C(C)=O)cc1. The van der Waals surface area contributed by atoms with Crippen LogP contribution in [0.3, 0.4) is 0 Å². The number of benzene rings is 2. The Hall–Kier alpha value is -2.82. The molecule has 1 aliphatic heterocycles. The van der Waals surface area contributed by atoms with Crippen molar-refractivity contribution >= 4 is 23.2 Å². The van der Waals surface area contributed by atoms with Gasteiger partial charge in [0.2, 0.25) is 5.91 Å². The number of nitrogens with zero attached hydrogens (tertiary/aromatic N) is 1. The lowest BCUT2D eigenvalue weighted by Crippen LogP contribution is -2.25. The molecule has 0 radical (unpaired) electrons. The van der Waals surface area contributed by atoms with Gasteiger partial charge in [-0.2, -0.15) is 0 Å². The smallest absolute Gasteiger partial charge is 0.255 e. The second-order valence-corrected chi connectivity index (χ2v) is 5.45. The quantitative estimate of drug-likeness (QED) is 0.948. The van der Waals surface area contributed by atoms with E-state index in [2.05, 4.69) is 5.32 Å². The average molecular weight is 310 g/mol. The van der Waals surface area contributed by atoms with Gasteiger partial charge in [-0.3, -0.25) is 9.59 Å². The summed E-state index contributed by atoms with van der Waals surface area (Å²) < 4.78 is 5.09. The highest BCUT2D eigenvalue weighted by molar-refractivity contribution is 6.05. The first-order chi connectivity index (χ1) is 11.1. The predicted octanol–water partition coefficient (Wildman–Crippen LogP) is 2.86. The van der Waals surface area contributed by atoms with Gasteiger partial charge in [-0.15, -0.1) is 0 Å². The molecular weight excluding hydrogens is 292 g/mol. The van der Waals surface area contributed by atoms with E-state index in [4.69, 9.17) is 4.74 Å². The summed E-state index contributed by atoms with van der Waals surface area (Å²) in [6.07, 6.45) is 0.776. The first kappa shape index (κ1) is 15.1. The van der Waals surface area contributed by atoms with Gasteiger partial charge in [0.25, 0.3) is 5.91 Å². The van der Waals surface area contributed by atoms with Crippen LogP contribution in [-0.4, -0.2) is 25.5 Å². The molecule has 5 heteroatoms. The Morgan fingerprint density at radius 1 is 1.13 bits per heavy atom. The maximum Gasteiger partial charge on any atom is 0.255 e. The third kappa shape index (κ3) is 3.04. The zero-order valence-corrected chi connectivity index (χ0v) is 13.1. The van der Waals surface area contributed by atoms with E-state index in [9.17, 15) is 9.59 Å². The fourth-order valence-electron chi connectivity index (χ4n) is 2.75. The molecule has 5 nitrogen and oxygen atoms in total. The number of amides is 2. The molecule has 0 aliphatic carbocycles. The van der Waals surface area contributed by atoms with Gasteiger partial charge in [-0.25, -0.2) is 0 Å². The van der Waals surface area contributed by atoms with Crippen molar-refractivity contribution in [2.45, 2.75) is 13.3 Å². The van der Waals surface area contributed by atoms with Crippen LogP contribution in [-0.2, 0) is 11.2 Å². The minimum atomic E-state index is -0.167. The van der Waals surface area contributed by atoms with Crippen molar-refractivity contribution in [1.29, 1.82) is 0 Å². The summed E-state index contributed by atoms with van der Waals surface area (Å²) >= 11 is 0. The van der Waals surface area contributed by atoms with E-state index < -0.39 is 0 Å². The van der Waals surface area contributed by atoms with Gasteiger partial charge in [0.15, 0.2) is 0 Å². The fourth-order valence-corrected chi connectivity index (χ4v) is 2.75. The lowest BCUT2D eigenvalue weighted by molar-refractivity contribution is -0.116. The summed E-state index contributed by atoms with van der Waals surface area (Å²) in [7, 11) is 1.60. The molecule has 0 unspecified atom stereocenters. The molecule has 0 atom stereocenters. The van der Waals surface area contributed by atoms with E-state index in [0.29, 0.717) is 17.8 Å². The Labute approximate surface area is 134 Å². The third-order valence-electron chi connectivity index (χ3n) is 3.97. The zero-order valence-electron chi connectivity index (χ0n) is 13.1. The summed E-state index contributed by atoms with van der Waals surface area (Å²) in [5.74, 6) is 0.600. The van der Waals surface area contributed by atoms with Gasteiger partial charge in [-0.1, -0.05) is 0 Å². The van der Waals surface area contributed by atoms with Gasteiger partial charge >= 0.3 is 0 Å². The van der Waals surface area contributed by atoms with Crippen molar-refractivity contribution in [3.63, 3.8) is 0 Å². The zero-order chi connectivity index (χ0) is 16.4. The number of nitrogens with one attached hydrogen (secondary N) is 1. The van der Waals surface area contributed by atoms with Gasteiger partial charge in [0.1, 0.15) is 5.75 Å². The van der Waals surface area contributed by atoms with Gasteiger partial charge < -0.3 is 15.0 Å². The summed E-state index contributed by atoms with van der Waals surface area (Å²) in [6.45, 7) is 2.23. The number of carbonyl (C=O) groups is 2. The van der Waals surface area contributed by atoms with Crippen LogP contribution in [0.4, 0.5) is 11.4 Å². The van der Waals surface area contributed by atoms with E-state index >= 15 is 0 Å². The Morgan fingerprint density at radius 3 is 2.52 bits per heavy atom. The minimum Gasteiger partial charge on any atom is -0.497 e. The molecule has 0 saturated carbocycles. The highest BCUT2D eigenvalue weighted by atomic mass is 16.5. The Bertz CT molecular complexity index is 753. The third-order valence-corrected chi connectivity index (χ3v) is 3.97. The summed E-state index contributed by atoms with van der Waals surface area (Å²) in [6, 6.07) is 12.6. The second-order valence-electron chi connectivity index (χ2n) is 5.45. The monoisotopic (exact) mass is 310 g/mol. The molecule has 0 spiro atoms. The topological polar surface area (TPSA) is 58.6 Å². The van der Waals surface area contributed by atoms with Crippen molar-refractivity contribution in [2.24, 2.45) is 0 Å². The number of anilines is 2. The first-order valence-corrected chi connectivity index (χ1v) is 7.45. The van der Waals surface area contributed by atoms with Crippen molar-refractivity contribution in [3.8, 4) is 5.75 Å². The molecule has 118 valence electrons. The number of hydrogen-bond donors (Lipinski definition) is 1. The molecule has 0 bridgehead atoms. The number of methoxy groups -OCH3 is 1. The van der Waals surface area contributed by atoms with Crippen LogP contribution in [0.15, 0.2) is 42.5 Å². The number of fused-ring (bicyclic) bond motifs is 1. The van der Waals surface area contributed by atoms with Gasteiger partial charge in [0, 0.05) is 30.4 Å². The second kappa shape index (κ2) is 6.12. The standard InChI is InChI=1S/C18H18N2O3/c1-12(21)20-10-9-13-11-14(3-8-17(13)20)18(22)19-15-4-6-16(23-2)7-5-15/h3-8,11H,9-10H2,1-2H3,(H,19,22). The normalized spacial score (nSPS) is 12.7. The first-order valence-electron chi connectivity index (χ1n) is 7.45. The lowest BCUT2D eigenvalue weighted by atomic mass is 10.1. The van der Waals surface area contributed by atoms with Crippen LogP contribution < -0.4 is 15.0 Å². The van der Waals surface area contributed by atoms with Gasteiger partial charge in [-0.05, 0) is 54.4 Å². The molecule has 2 aromatic carbocycles. The number of ether oxygens (including phenoxy) is 1. The van der Waals surface area contributed by atoms with Crippen LogP contribution >= 0.6 is 0 Å². The molecule has 1 heterocycles. The van der Waals surface area contributed by atoms with Crippen LogP contribution in [0.2, 0.25) is 0 Å². The van der Waals surface area contributed by atoms with Gasteiger partial charge in [0.05, 0.1) is 7.11 Å². The maximum atomic E-state index is 12.4. The Morgan fingerprint density at radius 2 is 1.87 bits per heavy atom. The number of hydrogen-bond acceptors (Lipinski definition) is 3. The molecule has 2 amide bonds. The van der Waals surface area contributed by atoms with E-state index in [0.717, 1.165) is 23.4 Å². The van der Waals surface area contributed by atoms with Crippen LogP contribution in [0.1, 0.15) is 22.8 Å². The van der Waals surface area contributed by atoms with Crippen molar-refractivity contribution in [1.82, 2.24) is 0 Å². The molecule has 1 N–H and O–H groups in total. The van der Waals surface area contributed by atoms with E-state index in [1.54, 1.807) is 49.3 Å². The molecule has 2 aromatic rings. The number of rotatable bonds is 3. The molecule has 1 aliphatic rings.